The zero-order valence-electron chi connectivity index (χ0n) is 12.3. The van der Waals surface area contributed by atoms with Crippen LogP contribution in [-0.4, -0.2) is 24.3 Å². The first-order chi connectivity index (χ1) is 10.3. The van der Waals surface area contributed by atoms with Gasteiger partial charge in [-0.2, -0.15) is 0 Å². The maximum atomic E-state index is 9.43. The van der Waals surface area contributed by atoms with E-state index in [0.29, 0.717) is 6.04 Å². The molecule has 1 saturated heterocycles. The van der Waals surface area contributed by atoms with Crippen molar-refractivity contribution in [1.82, 2.24) is 0 Å². The Bertz CT molecular complexity index is 596. The van der Waals surface area contributed by atoms with Crippen LogP contribution in [-0.2, 0) is 0 Å². The summed E-state index contributed by atoms with van der Waals surface area (Å²) in [7, 11) is 0. The molecule has 0 aromatic heterocycles. The summed E-state index contributed by atoms with van der Waals surface area (Å²) in [6.07, 6.45) is 2.27. The van der Waals surface area contributed by atoms with E-state index in [-0.39, 0.29) is 6.61 Å². The molecule has 3 heteroatoms. The third kappa shape index (κ3) is 3.25. The Balaban J connectivity index is 1.74. The van der Waals surface area contributed by atoms with Gasteiger partial charge in [0.1, 0.15) is 0 Å². The number of nitrogens with zero attached hydrogens (tertiary/aromatic N) is 1. The molecule has 2 aromatic rings. The Labute approximate surface area is 130 Å². The summed E-state index contributed by atoms with van der Waals surface area (Å²) in [6.45, 7) is 3.45. The Hall–Kier alpha value is -1.45. The van der Waals surface area contributed by atoms with Gasteiger partial charge in [-0.05, 0) is 55.7 Å². The highest BCUT2D eigenvalue weighted by molar-refractivity contribution is 7.99. The quantitative estimate of drug-likeness (QED) is 0.919. The lowest BCUT2D eigenvalue weighted by Gasteiger charge is -2.25. The second-order valence-electron chi connectivity index (χ2n) is 5.53. The maximum Gasteiger partial charge on any atom is 0.0635 e. The molecule has 1 atom stereocenters. The lowest BCUT2D eigenvalue weighted by molar-refractivity contribution is 0.266. The molecule has 110 valence electrons. The van der Waals surface area contributed by atoms with Crippen molar-refractivity contribution in [3.8, 4) is 0 Å². The Morgan fingerprint density at radius 1 is 1.14 bits per heavy atom. The standard InChI is InChI=1S/C18H21NOS/c1-14-5-2-3-7-18(14)21-17-10-8-15(9-11-17)19-12-4-6-16(19)13-20/h2-3,5,7-11,16,20H,4,6,12-13H2,1H3. The molecule has 21 heavy (non-hydrogen) atoms. The van der Waals surface area contributed by atoms with Gasteiger partial charge in [0.15, 0.2) is 0 Å². The minimum absolute atomic E-state index is 0.250. The Morgan fingerprint density at radius 3 is 2.62 bits per heavy atom. The van der Waals surface area contributed by atoms with Crippen LogP contribution in [0.2, 0.25) is 0 Å². The minimum Gasteiger partial charge on any atom is -0.394 e. The number of hydrogen-bond acceptors (Lipinski definition) is 3. The molecular formula is C18H21NOS. The summed E-state index contributed by atoms with van der Waals surface area (Å²) in [4.78, 5) is 4.88. The van der Waals surface area contributed by atoms with Gasteiger partial charge in [-0.15, -0.1) is 0 Å². The highest BCUT2D eigenvalue weighted by Gasteiger charge is 2.23. The lowest BCUT2D eigenvalue weighted by Crippen LogP contribution is -2.31. The first kappa shape index (κ1) is 14.5. The molecule has 3 rings (SSSR count). The zero-order valence-corrected chi connectivity index (χ0v) is 13.1. The van der Waals surface area contributed by atoms with E-state index in [0.717, 1.165) is 13.0 Å². The lowest BCUT2D eigenvalue weighted by atomic mass is 10.2. The first-order valence-electron chi connectivity index (χ1n) is 7.49. The van der Waals surface area contributed by atoms with E-state index in [9.17, 15) is 5.11 Å². The van der Waals surface area contributed by atoms with E-state index in [1.807, 2.05) is 0 Å². The van der Waals surface area contributed by atoms with E-state index >= 15 is 0 Å². The average molecular weight is 299 g/mol. The van der Waals surface area contributed by atoms with Crippen LogP contribution in [0.3, 0.4) is 0 Å². The molecule has 0 spiro atoms. The Morgan fingerprint density at radius 2 is 1.90 bits per heavy atom. The van der Waals surface area contributed by atoms with Gasteiger partial charge in [0.05, 0.1) is 12.6 Å². The average Bonchev–Trinajstić information content (AvgIpc) is 2.99. The van der Waals surface area contributed by atoms with Crippen molar-refractivity contribution >= 4 is 17.4 Å². The van der Waals surface area contributed by atoms with Crippen LogP contribution in [0.15, 0.2) is 58.3 Å². The van der Waals surface area contributed by atoms with Crippen molar-refractivity contribution in [3.05, 3.63) is 54.1 Å². The molecule has 0 bridgehead atoms. The number of hydrogen-bond donors (Lipinski definition) is 1. The molecule has 0 aliphatic carbocycles. The van der Waals surface area contributed by atoms with Crippen molar-refractivity contribution in [2.45, 2.75) is 35.6 Å². The van der Waals surface area contributed by atoms with Gasteiger partial charge in [-0.25, -0.2) is 0 Å². The second kappa shape index (κ2) is 6.54. The van der Waals surface area contributed by atoms with Crippen LogP contribution in [0.25, 0.3) is 0 Å². The summed E-state index contributed by atoms with van der Waals surface area (Å²) < 4.78 is 0. The smallest absolute Gasteiger partial charge is 0.0635 e. The predicted octanol–water partition coefficient (Wildman–Crippen LogP) is 4.11. The number of rotatable bonds is 4. The van der Waals surface area contributed by atoms with E-state index in [1.165, 1.54) is 27.5 Å². The van der Waals surface area contributed by atoms with Crippen molar-refractivity contribution in [2.24, 2.45) is 0 Å². The normalized spacial score (nSPS) is 18.2. The van der Waals surface area contributed by atoms with Crippen molar-refractivity contribution in [1.29, 1.82) is 0 Å². The molecule has 1 aliphatic heterocycles. The van der Waals surface area contributed by atoms with Gasteiger partial charge in [0.2, 0.25) is 0 Å². The van der Waals surface area contributed by atoms with Crippen LogP contribution in [0.5, 0.6) is 0 Å². The molecule has 1 aliphatic rings. The zero-order chi connectivity index (χ0) is 14.7. The van der Waals surface area contributed by atoms with Crippen LogP contribution >= 0.6 is 11.8 Å². The topological polar surface area (TPSA) is 23.5 Å². The van der Waals surface area contributed by atoms with Gasteiger partial charge in [0, 0.05) is 22.0 Å². The fourth-order valence-corrected chi connectivity index (χ4v) is 3.77. The summed E-state index contributed by atoms with van der Waals surface area (Å²) in [5.41, 5.74) is 2.53. The van der Waals surface area contributed by atoms with Gasteiger partial charge < -0.3 is 10.0 Å². The molecule has 2 aromatic carbocycles. The SMILES string of the molecule is Cc1ccccc1Sc1ccc(N2CCCC2CO)cc1. The summed E-state index contributed by atoms with van der Waals surface area (Å²) in [5, 5.41) is 9.43. The number of aliphatic hydroxyl groups excluding tert-OH is 1. The predicted molar refractivity (Wildman–Crippen MR) is 89.2 cm³/mol. The number of aryl methyl sites for hydroxylation is 1. The van der Waals surface area contributed by atoms with E-state index < -0.39 is 0 Å². The summed E-state index contributed by atoms with van der Waals surface area (Å²) >= 11 is 1.80. The molecule has 1 N–H and O–H groups in total. The monoisotopic (exact) mass is 299 g/mol. The fourth-order valence-electron chi connectivity index (χ4n) is 2.87. The summed E-state index contributed by atoms with van der Waals surface area (Å²) in [5.74, 6) is 0. The second-order valence-corrected chi connectivity index (χ2v) is 6.65. The fraction of sp³-hybridized carbons (Fsp3) is 0.333. The minimum atomic E-state index is 0.250. The van der Waals surface area contributed by atoms with E-state index in [4.69, 9.17) is 0 Å². The molecule has 1 fully saturated rings. The first-order valence-corrected chi connectivity index (χ1v) is 8.30. The molecule has 0 saturated carbocycles. The number of anilines is 1. The van der Waals surface area contributed by atoms with Gasteiger partial charge in [-0.1, -0.05) is 30.0 Å². The van der Waals surface area contributed by atoms with Crippen LogP contribution in [0.1, 0.15) is 18.4 Å². The third-order valence-electron chi connectivity index (χ3n) is 4.08. The van der Waals surface area contributed by atoms with Crippen molar-refractivity contribution in [2.75, 3.05) is 18.1 Å². The van der Waals surface area contributed by atoms with E-state index in [1.54, 1.807) is 11.8 Å². The molecule has 1 heterocycles. The van der Waals surface area contributed by atoms with Crippen molar-refractivity contribution < 1.29 is 5.11 Å². The Kier molecular flexibility index (Phi) is 4.51. The van der Waals surface area contributed by atoms with Gasteiger partial charge in [-0.3, -0.25) is 0 Å². The van der Waals surface area contributed by atoms with Gasteiger partial charge in [0.25, 0.3) is 0 Å². The number of aliphatic hydroxyl groups is 1. The molecule has 2 nitrogen and oxygen atoms in total. The molecule has 0 radical (unpaired) electrons. The van der Waals surface area contributed by atoms with Crippen LogP contribution in [0, 0.1) is 6.92 Å². The highest BCUT2D eigenvalue weighted by Crippen LogP contribution is 2.32. The largest absolute Gasteiger partial charge is 0.394 e. The van der Waals surface area contributed by atoms with Gasteiger partial charge >= 0.3 is 0 Å². The van der Waals surface area contributed by atoms with Crippen molar-refractivity contribution in [3.63, 3.8) is 0 Å². The van der Waals surface area contributed by atoms with Crippen LogP contribution in [0.4, 0.5) is 5.69 Å². The molecular weight excluding hydrogens is 278 g/mol. The highest BCUT2D eigenvalue weighted by atomic mass is 32.2. The maximum absolute atomic E-state index is 9.43. The van der Waals surface area contributed by atoms with Crippen LogP contribution < -0.4 is 4.90 Å². The third-order valence-corrected chi connectivity index (χ3v) is 5.26. The molecule has 1 unspecified atom stereocenters. The number of benzene rings is 2. The summed E-state index contributed by atoms with van der Waals surface area (Å²) in [6, 6.07) is 17.5. The van der Waals surface area contributed by atoms with E-state index in [2.05, 4.69) is 60.4 Å². The molecule has 0 amide bonds.